The van der Waals surface area contributed by atoms with Crippen molar-refractivity contribution in [3.05, 3.63) is 0 Å². The van der Waals surface area contributed by atoms with Gasteiger partial charge in [-0.15, -0.1) is 0 Å². The maximum absolute atomic E-state index is 8.89. The molecule has 0 fully saturated rings. The zero-order chi connectivity index (χ0) is 8.57. The van der Waals surface area contributed by atoms with E-state index in [4.69, 9.17) is 29.4 Å². The fourth-order valence-electron chi connectivity index (χ4n) is 0. The molecule has 0 aliphatic rings. The van der Waals surface area contributed by atoms with E-state index < -0.39 is 11.9 Å². The van der Waals surface area contributed by atoms with E-state index in [2.05, 4.69) is 0 Å². The Hall–Kier alpha value is -1.23. The van der Waals surface area contributed by atoms with Crippen molar-refractivity contribution >= 4 is 24.5 Å². The fourth-order valence-corrected chi connectivity index (χ4v) is 0. The maximum Gasteiger partial charge on any atom is 2.00 e. The molecule has 0 N–H and O–H groups in total. The van der Waals surface area contributed by atoms with Crippen molar-refractivity contribution in [1.29, 1.82) is 0 Å². The molecule has 0 spiro atoms. The van der Waals surface area contributed by atoms with E-state index in [1.54, 1.807) is 0 Å². The second kappa shape index (κ2) is 11.6. The molecule has 0 rings (SSSR count). The predicted octanol–water partition coefficient (Wildman–Crippen LogP) is -4.13. The molecule has 11 heavy (non-hydrogen) atoms. The Morgan fingerprint density at radius 1 is 0.909 bits per heavy atom. The van der Waals surface area contributed by atoms with Gasteiger partial charge in [0, 0.05) is 0 Å². The van der Waals surface area contributed by atoms with Gasteiger partial charge in [-0.3, -0.25) is 9.59 Å². The molecule has 0 aromatic rings. The first-order valence-electron chi connectivity index (χ1n) is 1.87. The smallest absolute Gasteiger partial charge is 0.542 e. The minimum atomic E-state index is -1.68. The molecule has 0 saturated carbocycles. The van der Waals surface area contributed by atoms with E-state index >= 15 is 0 Å². The maximum atomic E-state index is 8.89. The Morgan fingerprint density at radius 3 is 1.00 bits per heavy atom. The van der Waals surface area contributed by atoms with Gasteiger partial charge in [0.1, 0.15) is 11.9 Å². The molecule has 0 heterocycles. The van der Waals surface area contributed by atoms with Gasteiger partial charge in [-0.2, -0.15) is 0 Å². The molecule has 64 valence electrons. The van der Waals surface area contributed by atoms with E-state index in [9.17, 15) is 0 Å². The van der Waals surface area contributed by atoms with Crippen molar-refractivity contribution in [2.45, 2.75) is 0 Å². The summed E-state index contributed by atoms with van der Waals surface area (Å²) >= 11 is 0. The summed E-state index contributed by atoms with van der Waals surface area (Å²) in [4.78, 5) is 35.5. The van der Waals surface area contributed by atoms with Gasteiger partial charge in [0.05, 0.1) is 0 Å². The van der Waals surface area contributed by atoms with Crippen molar-refractivity contribution < 1.29 is 45.9 Å². The molecule has 0 unspecified atom stereocenters. The van der Waals surface area contributed by atoms with E-state index in [-0.39, 0.29) is 29.1 Å². The summed E-state index contributed by atoms with van der Waals surface area (Å²) in [6.45, 7) is 0. The number of carboxylic acid groups (broad SMARTS) is 2. The van der Waals surface area contributed by atoms with Crippen molar-refractivity contribution in [2.24, 2.45) is 0 Å². The van der Waals surface area contributed by atoms with Gasteiger partial charge in [-0.25, -0.2) is 0 Å². The van der Waals surface area contributed by atoms with Crippen LogP contribution < -0.4 is 10.2 Å². The minimum Gasteiger partial charge on any atom is -0.542 e. The van der Waals surface area contributed by atoms with Crippen LogP contribution >= 0.6 is 0 Å². The van der Waals surface area contributed by atoms with Crippen LogP contribution in [0.3, 0.4) is 0 Å². The number of aldehydes is 2. The molecule has 6 nitrogen and oxygen atoms in total. The molecule has 0 aromatic heterocycles. The van der Waals surface area contributed by atoms with Crippen LogP contribution in [0.5, 0.6) is 0 Å². The minimum absolute atomic E-state index is 0. The third-order valence-electron chi connectivity index (χ3n) is 0.192. The van der Waals surface area contributed by atoms with E-state index in [1.807, 2.05) is 0 Å². The number of aliphatic carboxylic acids is 2. The standard InChI is InChI=1S/2C2H2O3.Ni/c2*3-1-2(4)5;/h2*1H,(H,4,5);/q;;+2/p-2. The number of carbonyl (C=O) groups is 4. The number of carbonyl (C=O) groups excluding carboxylic acids is 4. The van der Waals surface area contributed by atoms with Crippen LogP contribution in [0, 0.1) is 0 Å². The number of carboxylic acids is 2. The molecule has 0 amide bonds. The second-order valence-corrected chi connectivity index (χ2v) is 0.874. The number of hydrogen-bond donors (Lipinski definition) is 0. The number of hydrogen-bond acceptors (Lipinski definition) is 6. The third-order valence-corrected chi connectivity index (χ3v) is 0.192. The summed E-state index contributed by atoms with van der Waals surface area (Å²) in [5, 5.41) is 17.8. The molecule has 0 aliphatic carbocycles. The molecule has 7 heteroatoms. The Bertz CT molecular complexity index is 135. The molecule has 0 atom stereocenters. The fraction of sp³-hybridized carbons (Fsp3) is 0. The van der Waals surface area contributed by atoms with Crippen LogP contribution in [0.25, 0.3) is 0 Å². The number of rotatable bonds is 2. The Kier molecular flexibility index (Phi) is 17.2. The van der Waals surface area contributed by atoms with Crippen LogP contribution in [0.4, 0.5) is 0 Å². The molecule has 0 aromatic carbocycles. The van der Waals surface area contributed by atoms with Gasteiger partial charge in [0.25, 0.3) is 0 Å². The first-order valence-corrected chi connectivity index (χ1v) is 1.87. The third kappa shape index (κ3) is 52.3. The summed E-state index contributed by atoms with van der Waals surface area (Å²) in [5.74, 6) is -3.35. The van der Waals surface area contributed by atoms with Crippen LogP contribution in [-0.2, 0) is 35.7 Å². The molecule has 0 bridgehead atoms. The Morgan fingerprint density at radius 2 is 1.00 bits per heavy atom. The van der Waals surface area contributed by atoms with Crippen molar-refractivity contribution in [3.8, 4) is 0 Å². The molecule has 0 saturated heterocycles. The van der Waals surface area contributed by atoms with Gasteiger partial charge in [-0.1, -0.05) is 0 Å². The first kappa shape index (κ1) is 16.4. The molecular formula is C4H2NiO6. The van der Waals surface area contributed by atoms with Crippen molar-refractivity contribution in [2.75, 3.05) is 0 Å². The van der Waals surface area contributed by atoms with Gasteiger partial charge in [0.2, 0.25) is 0 Å². The van der Waals surface area contributed by atoms with Crippen LogP contribution in [0.15, 0.2) is 0 Å². The van der Waals surface area contributed by atoms with E-state index in [1.165, 1.54) is 0 Å². The SMILES string of the molecule is O=CC(=O)[O-].O=CC(=O)[O-].[Ni+2]. The monoisotopic (exact) mass is 204 g/mol. The summed E-state index contributed by atoms with van der Waals surface area (Å²) in [7, 11) is 0. The zero-order valence-electron chi connectivity index (χ0n) is 4.92. The topological polar surface area (TPSA) is 114 Å². The van der Waals surface area contributed by atoms with Gasteiger partial charge in [-0.05, 0) is 0 Å². The van der Waals surface area contributed by atoms with Crippen LogP contribution in [0.1, 0.15) is 0 Å². The quantitative estimate of drug-likeness (QED) is 0.256. The van der Waals surface area contributed by atoms with E-state index in [0.717, 1.165) is 0 Å². The summed E-state index contributed by atoms with van der Waals surface area (Å²) < 4.78 is 0. The van der Waals surface area contributed by atoms with Crippen LogP contribution in [-0.4, -0.2) is 24.5 Å². The predicted molar refractivity (Wildman–Crippen MR) is 22.1 cm³/mol. The molecule has 0 aliphatic heterocycles. The molecular weight excluding hydrogens is 203 g/mol. The van der Waals surface area contributed by atoms with Crippen molar-refractivity contribution in [3.63, 3.8) is 0 Å². The van der Waals surface area contributed by atoms with Crippen LogP contribution in [0.2, 0.25) is 0 Å². The summed E-state index contributed by atoms with van der Waals surface area (Å²) in [5.41, 5.74) is 0. The first-order chi connectivity index (χ1) is 4.54. The van der Waals surface area contributed by atoms with E-state index in [0.29, 0.717) is 0 Å². The van der Waals surface area contributed by atoms with Gasteiger partial charge < -0.3 is 19.8 Å². The Labute approximate surface area is 71.1 Å². The molecule has 0 radical (unpaired) electrons. The normalized spacial score (nSPS) is 5.82. The zero-order valence-corrected chi connectivity index (χ0v) is 5.91. The van der Waals surface area contributed by atoms with Gasteiger partial charge in [0.15, 0.2) is 12.6 Å². The second-order valence-electron chi connectivity index (χ2n) is 0.874. The van der Waals surface area contributed by atoms with Gasteiger partial charge >= 0.3 is 16.5 Å². The Balaban J connectivity index is -0.000000107. The van der Waals surface area contributed by atoms with Crippen molar-refractivity contribution in [1.82, 2.24) is 0 Å². The summed E-state index contributed by atoms with van der Waals surface area (Å²) in [6, 6.07) is 0. The average Bonchev–Trinajstić information content (AvgIpc) is 1.89. The summed E-state index contributed by atoms with van der Waals surface area (Å²) in [6.07, 6.45) is -0.556. The average molecular weight is 205 g/mol. The largest absolute Gasteiger partial charge is 2.00 e.